The molecule has 126 valence electrons. The number of carbonyl (C=O) groups excluding carboxylic acids is 1. The van der Waals surface area contributed by atoms with Crippen LogP contribution in [0.25, 0.3) is 0 Å². The standard InChI is InChI=1S/C18H31NO3/c1-10-15(20)17(6,7)18(8,9)16(19(21)22)14(5)11-13(4)12(2)3/h11,14,16H,2,10H2,1,3-9H3. The summed E-state index contributed by atoms with van der Waals surface area (Å²) < 4.78 is 0. The van der Waals surface area contributed by atoms with Gasteiger partial charge < -0.3 is 0 Å². The molecular formula is C18H31NO3. The molecule has 2 unspecified atom stereocenters. The van der Waals surface area contributed by atoms with Crippen LogP contribution in [-0.2, 0) is 4.79 Å². The Labute approximate surface area is 134 Å². The van der Waals surface area contributed by atoms with E-state index in [9.17, 15) is 14.9 Å². The van der Waals surface area contributed by atoms with Crippen LogP contribution in [0.2, 0.25) is 0 Å². The molecular weight excluding hydrogens is 278 g/mol. The van der Waals surface area contributed by atoms with E-state index in [4.69, 9.17) is 0 Å². The lowest BCUT2D eigenvalue weighted by Gasteiger charge is -2.42. The normalized spacial score (nSPS) is 16.1. The molecule has 0 saturated heterocycles. The smallest absolute Gasteiger partial charge is 0.224 e. The van der Waals surface area contributed by atoms with Crippen LogP contribution in [-0.4, -0.2) is 16.7 Å². The zero-order valence-electron chi connectivity index (χ0n) is 15.3. The lowest BCUT2D eigenvalue weighted by Crippen LogP contribution is -2.52. The molecule has 0 spiro atoms. The molecule has 4 nitrogen and oxygen atoms in total. The van der Waals surface area contributed by atoms with Gasteiger partial charge in [0.25, 0.3) is 0 Å². The Kier molecular flexibility index (Phi) is 6.73. The molecule has 0 N–H and O–H groups in total. The fourth-order valence-corrected chi connectivity index (χ4v) is 2.91. The maximum absolute atomic E-state index is 12.3. The molecule has 0 saturated carbocycles. The summed E-state index contributed by atoms with van der Waals surface area (Å²) in [6.45, 7) is 18.6. The molecule has 0 aliphatic heterocycles. The summed E-state index contributed by atoms with van der Waals surface area (Å²) in [5.41, 5.74) is 0.318. The Bertz CT molecular complexity index is 487. The highest BCUT2D eigenvalue weighted by Crippen LogP contribution is 2.46. The van der Waals surface area contributed by atoms with Gasteiger partial charge in [-0.2, -0.15) is 0 Å². The molecule has 0 amide bonds. The van der Waals surface area contributed by atoms with Crippen LogP contribution < -0.4 is 0 Å². The van der Waals surface area contributed by atoms with Crippen molar-refractivity contribution in [2.75, 3.05) is 0 Å². The van der Waals surface area contributed by atoms with Crippen LogP contribution in [0.15, 0.2) is 23.8 Å². The second-order valence-corrected chi connectivity index (χ2v) is 7.34. The molecule has 0 radical (unpaired) electrons. The van der Waals surface area contributed by atoms with Crippen LogP contribution in [0, 0.1) is 26.9 Å². The molecule has 0 aliphatic carbocycles. The highest BCUT2D eigenvalue weighted by molar-refractivity contribution is 5.84. The van der Waals surface area contributed by atoms with Gasteiger partial charge in [0.15, 0.2) is 0 Å². The van der Waals surface area contributed by atoms with Gasteiger partial charge in [-0.1, -0.05) is 65.3 Å². The third kappa shape index (κ3) is 4.05. The lowest BCUT2D eigenvalue weighted by atomic mass is 9.59. The van der Waals surface area contributed by atoms with Crippen molar-refractivity contribution in [2.45, 2.75) is 67.9 Å². The average molecular weight is 309 g/mol. The summed E-state index contributed by atoms with van der Waals surface area (Å²) in [7, 11) is 0. The van der Waals surface area contributed by atoms with E-state index in [1.807, 2.05) is 54.5 Å². The van der Waals surface area contributed by atoms with Crippen molar-refractivity contribution in [2.24, 2.45) is 16.7 Å². The van der Waals surface area contributed by atoms with E-state index >= 15 is 0 Å². The summed E-state index contributed by atoms with van der Waals surface area (Å²) in [5, 5.41) is 11.7. The third-order valence-electron chi connectivity index (χ3n) is 5.28. The van der Waals surface area contributed by atoms with Gasteiger partial charge in [-0.3, -0.25) is 14.9 Å². The highest BCUT2D eigenvalue weighted by Gasteiger charge is 2.54. The van der Waals surface area contributed by atoms with E-state index in [0.717, 1.165) is 11.1 Å². The van der Waals surface area contributed by atoms with Gasteiger partial charge in [-0.25, -0.2) is 0 Å². The number of ketones is 1. The highest BCUT2D eigenvalue weighted by atomic mass is 16.6. The average Bonchev–Trinajstić information content (AvgIpc) is 2.36. The Morgan fingerprint density at radius 3 is 2.05 bits per heavy atom. The van der Waals surface area contributed by atoms with Gasteiger partial charge in [0, 0.05) is 28.1 Å². The minimum atomic E-state index is -0.840. The first-order valence-electron chi connectivity index (χ1n) is 7.81. The number of hydrogen-bond donors (Lipinski definition) is 0. The number of nitro groups is 1. The molecule has 0 aromatic heterocycles. The molecule has 0 bridgehead atoms. The predicted molar refractivity (Wildman–Crippen MR) is 91.4 cm³/mol. The number of hydrogen-bond acceptors (Lipinski definition) is 3. The number of allylic oxidation sites excluding steroid dienone is 2. The van der Waals surface area contributed by atoms with Crippen molar-refractivity contribution >= 4 is 5.78 Å². The van der Waals surface area contributed by atoms with Crippen molar-refractivity contribution in [3.05, 3.63) is 33.9 Å². The second-order valence-electron chi connectivity index (χ2n) is 7.34. The minimum absolute atomic E-state index is 0.0529. The topological polar surface area (TPSA) is 60.2 Å². The third-order valence-corrected chi connectivity index (χ3v) is 5.28. The molecule has 2 atom stereocenters. The molecule has 0 rings (SSSR count). The van der Waals surface area contributed by atoms with Gasteiger partial charge in [0.2, 0.25) is 6.04 Å². The monoisotopic (exact) mass is 309 g/mol. The zero-order valence-corrected chi connectivity index (χ0v) is 15.3. The first-order valence-corrected chi connectivity index (χ1v) is 7.81. The molecule has 0 heterocycles. The quantitative estimate of drug-likeness (QED) is 0.367. The molecule has 0 aromatic carbocycles. The summed E-state index contributed by atoms with van der Waals surface area (Å²) in [6, 6.07) is -0.840. The Hall–Kier alpha value is -1.45. The van der Waals surface area contributed by atoms with Crippen molar-refractivity contribution in [1.29, 1.82) is 0 Å². The molecule has 0 aromatic rings. The van der Waals surface area contributed by atoms with Gasteiger partial charge in [0.05, 0.1) is 0 Å². The van der Waals surface area contributed by atoms with Crippen LogP contribution in [0.4, 0.5) is 0 Å². The molecule has 0 fully saturated rings. The zero-order chi connectivity index (χ0) is 17.9. The predicted octanol–water partition coefficient (Wildman–Crippen LogP) is 4.82. The van der Waals surface area contributed by atoms with E-state index in [1.165, 1.54) is 0 Å². The van der Waals surface area contributed by atoms with E-state index in [0.29, 0.717) is 6.42 Å². The number of rotatable bonds is 8. The fourth-order valence-electron chi connectivity index (χ4n) is 2.91. The summed E-state index contributed by atoms with van der Waals surface area (Å²) in [6.07, 6.45) is 2.28. The van der Waals surface area contributed by atoms with Crippen LogP contribution in [0.1, 0.15) is 61.8 Å². The van der Waals surface area contributed by atoms with Crippen LogP contribution in [0.5, 0.6) is 0 Å². The Morgan fingerprint density at radius 1 is 1.27 bits per heavy atom. The number of nitrogens with zero attached hydrogens (tertiary/aromatic N) is 1. The summed E-state index contributed by atoms with van der Waals surface area (Å²) >= 11 is 0. The Morgan fingerprint density at radius 2 is 1.73 bits per heavy atom. The van der Waals surface area contributed by atoms with Gasteiger partial charge in [-0.15, -0.1) is 0 Å². The fraction of sp³-hybridized carbons (Fsp3) is 0.722. The van der Waals surface area contributed by atoms with Crippen LogP contribution in [0.3, 0.4) is 0 Å². The first-order chi connectivity index (χ1) is 9.80. The van der Waals surface area contributed by atoms with Gasteiger partial charge >= 0.3 is 0 Å². The van der Waals surface area contributed by atoms with E-state index < -0.39 is 16.9 Å². The second kappa shape index (κ2) is 7.21. The van der Waals surface area contributed by atoms with Crippen molar-refractivity contribution < 1.29 is 9.72 Å². The SMILES string of the molecule is C=C(C)C(C)=CC(C)C([N+](=O)[O-])C(C)(C)C(C)(C)C(=O)CC. The number of carbonyl (C=O) groups is 1. The summed E-state index contributed by atoms with van der Waals surface area (Å²) in [5.74, 6) is -0.234. The first kappa shape index (κ1) is 20.6. The maximum atomic E-state index is 12.3. The van der Waals surface area contributed by atoms with E-state index in [-0.39, 0.29) is 16.6 Å². The van der Waals surface area contributed by atoms with Crippen LogP contribution >= 0.6 is 0 Å². The summed E-state index contributed by atoms with van der Waals surface area (Å²) in [4.78, 5) is 23.8. The van der Waals surface area contributed by atoms with Crippen molar-refractivity contribution in [3.63, 3.8) is 0 Å². The number of Topliss-reactive ketones (excluding diaryl/α,β-unsaturated/α-hetero) is 1. The van der Waals surface area contributed by atoms with E-state index in [2.05, 4.69) is 6.58 Å². The molecule has 4 heteroatoms. The molecule has 22 heavy (non-hydrogen) atoms. The van der Waals surface area contributed by atoms with Gasteiger partial charge in [0.1, 0.15) is 5.78 Å². The largest absolute Gasteiger partial charge is 0.299 e. The maximum Gasteiger partial charge on any atom is 0.224 e. The lowest BCUT2D eigenvalue weighted by molar-refractivity contribution is -0.551. The van der Waals surface area contributed by atoms with Crippen molar-refractivity contribution in [1.82, 2.24) is 0 Å². The molecule has 0 aliphatic rings. The minimum Gasteiger partial charge on any atom is -0.299 e. The van der Waals surface area contributed by atoms with Gasteiger partial charge in [-0.05, 0) is 13.8 Å². The Balaban J connectivity index is 5.87. The van der Waals surface area contributed by atoms with E-state index in [1.54, 1.807) is 6.92 Å². The van der Waals surface area contributed by atoms with Crippen molar-refractivity contribution in [3.8, 4) is 0 Å².